The molecule has 0 saturated heterocycles. The van der Waals surface area contributed by atoms with E-state index >= 15 is 0 Å². The molecule has 0 aliphatic heterocycles. The zero-order valence-corrected chi connectivity index (χ0v) is 26.9. The van der Waals surface area contributed by atoms with Crippen molar-refractivity contribution in [3.8, 4) is 12.3 Å². The van der Waals surface area contributed by atoms with E-state index in [0.717, 1.165) is 35.2 Å². The number of thiazole rings is 1. The topological polar surface area (TPSA) is 109 Å². The minimum atomic E-state index is -1.61. The molecule has 3 atom stereocenters. The molecule has 7 nitrogen and oxygen atoms in total. The van der Waals surface area contributed by atoms with Gasteiger partial charge in [0.25, 0.3) is 0 Å². The molecule has 0 bridgehead atoms. The van der Waals surface area contributed by atoms with Crippen molar-refractivity contribution in [2.24, 2.45) is 23.0 Å². The van der Waals surface area contributed by atoms with Crippen molar-refractivity contribution < 1.29 is 23.5 Å². The van der Waals surface area contributed by atoms with Crippen LogP contribution in [0.15, 0.2) is 47.7 Å². The minimum Gasteiger partial charge on any atom is -0.391 e. The molecule has 1 aromatic heterocycles. The van der Waals surface area contributed by atoms with E-state index in [4.69, 9.17) is 12.2 Å². The summed E-state index contributed by atoms with van der Waals surface area (Å²) in [5.74, 6) is -0.572. The quantitative estimate of drug-likeness (QED) is 0.229. The molecule has 0 saturated carbocycles. The number of aliphatic hydroxyl groups excluding tert-OH is 1. The molecule has 3 rings (SSSR count). The third kappa shape index (κ3) is 9.07. The van der Waals surface area contributed by atoms with E-state index in [2.05, 4.69) is 30.1 Å². The molecule has 2 amide bonds. The molecule has 4 N–H and O–H groups in total. The molecule has 238 valence electrons. The zero-order valence-electron chi connectivity index (χ0n) is 26.0. The van der Waals surface area contributed by atoms with Gasteiger partial charge in [0, 0.05) is 66.8 Å². The third-order valence-corrected chi connectivity index (χ3v) is 8.76. The maximum absolute atomic E-state index is 14.3. The van der Waals surface area contributed by atoms with Crippen LogP contribution in [0.3, 0.4) is 0 Å². The van der Waals surface area contributed by atoms with Crippen LogP contribution >= 0.6 is 11.3 Å². The smallest absolute Gasteiger partial charge is 0.249 e. The fraction of sp³-hybridized carbons (Fsp3) is 0.500. The molecule has 1 heterocycles. The SMILES string of the molecule is C#CC1=CC(C(N)=O)([C@H](Cc2cc(F)cc(F)c2)[C@@H](O)CNCc2cnc(CC(C)C)s2)CC(C(=O)N(CCC)CCC)=C1. The highest BCUT2D eigenvalue weighted by Crippen LogP contribution is 2.44. The number of carbonyl (C=O) groups excluding carboxylic acids is 2. The fourth-order valence-corrected chi connectivity index (χ4v) is 6.89. The number of nitrogens with two attached hydrogens (primary N) is 1. The van der Waals surface area contributed by atoms with Gasteiger partial charge in [0.2, 0.25) is 11.8 Å². The maximum Gasteiger partial charge on any atom is 0.249 e. The first-order valence-electron chi connectivity index (χ1n) is 15.2. The number of hydrogen-bond acceptors (Lipinski definition) is 6. The summed E-state index contributed by atoms with van der Waals surface area (Å²) in [6.07, 6.45) is 11.7. The summed E-state index contributed by atoms with van der Waals surface area (Å²) in [5.41, 5.74) is 5.32. The van der Waals surface area contributed by atoms with Crippen LogP contribution in [0.4, 0.5) is 8.78 Å². The van der Waals surface area contributed by atoms with Crippen molar-refractivity contribution in [2.75, 3.05) is 19.6 Å². The summed E-state index contributed by atoms with van der Waals surface area (Å²) in [6.45, 7) is 9.71. The second-order valence-corrected chi connectivity index (χ2v) is 13.1. The second-order valence-electron chi connectivity index (χ2n) is 11.9. The Morgan fingerprint density at radius 3 is 2.41 bits per heavy atom. The van der Waals surface area contributed by atoms with Gasteiger partial charge in [-0.1, -0.05) is 39.7 Å². The molecule has 1 aliphatic carbocycles. The van der Waals surface area contributed by atoms with E-state index < -0.39 is 35.0 Å². The number of nitrogens with zero attached hydrogens (tertiary/aromatic N) is 2. The largest absolute Gasteiger partial charge is 0.391 e. The number of benzene rings is 1. The first-order chi connectivity index (χ1) is 20.9. The summed E-state index contributed by atoms with van der Waals surface area (Å²) in [4.78, 5) is 34.3. The van der Waals surface area contributed by atoms with E-state index in [9.17, 15) is 23.5 Å². The van der Waals surface area contributed by atoms with E-state index in [1.165, 1.54) is 18.2 Å². The molecule has 1 aromatic carbocycles. The van der Waals surface area contributed by atoms with Crippen LogP contribution in [-0.4, -0.2) is 52.5 Å². The van der Waals surface area contributed by atoms with Gasteiger partial charge in [-0.05, 0) is 55.4 Å². The van der Waals surface area contributed by atoms with Gasteiger partial charge >= 0.3 is 0 Å². The van der Waals surface area contributed by atoms with Gasteiger partial charge < -0.3 is 21.1 Å². The first kappa shape index (κ1) is 35.1. The van der Waals surface area contributed by atoms with Gasteiger partial charge in [-0.15, -0.1) is 17.8 Å². The van der Waals surface area contributed by atoms with Gasteiger partial charge in [-0.2, -0.15) is 0 Å². The van der Waals surface area contributed by atoms with Crippen LogP contribution in [-0.2, 0) is 29.0 Å². The molecular formula is C34H44F2N4O3S. The molecule has 1 aliphatic rings. The molecule has 0 radical (unpaired) electrons. The highest BCUT2D eigenvalue weighted by atomic mass is 32.1. The predicted molar refractivity (Wildman–Crippen MR) is 170 cm³/mol. The van der Waals surface area contributed by atoms with Gasteiger partial charge in [0.15, 0.2) is 0 Å². The van der Waals surface area contributed by atoms with Crippen LogP contribution in [0.2, 0.25) is 0 Å². The lowest BCUT2D eigenvalue weighted by atomic mass is 9.63. The fourth-order valence-electron chi connectivity index (χ4n) is 5.78. The van der Waals surface area contributed by atoms with Gasteiger partial charge in [0.1, 0.15) is 11.6 Å². The number of primary amides is 1. The Bertz CT molecular complexity index is 1390. The van der Waals surface area contributed by atoms with Crippen molar-refractivity contribution in [1.29, 1.82) is 0 Å². The Morgan fingerprint density at radius 2 is 1.84 bits per heavy atom. The number of nitrogens with one attached hydrogen (secondary N) is 1. The summed E-state index contributed by atoms with van der Waals surface area (Å²) in [6, 6.07) is 3.09. The highest BCUT2D eigenvalue weighted by Gasteiger charge is 2.49. The molecule has 44 heavy (non-hydrogen) atoms. The van der Waals surface area contributed by atoms with Crippen LogP contribution < -0.4 is 11.1 Å². The lowest BCUT2D eigenvalue weighted by Gasteiger charge is -2.41. The Kier molecular flexibility index (Phi) is 12.8. The monoisotopic (exact) mass is 626 g/mol. The average Bonchev–Trinajstić information content (AvgIpc) is 3.40. The van der Waals surface area contributed by atoms with Crippen molar-refractivity contribution in [3.63, 3.8) is 0 Å². The van der Waals surface area contributed by atoms with E-state index in [1.54, 1.807) is 28.5 Å². The van der Waals surface area contributed by atoms with E-state index in [-0.39, 0.29) is 36.4 Å². The molecule has 2 aromatic rings. The summed E-state index contributed by atoms with van der Waals surface area (Å²) in [5, 5.41) is 15.9. The highest BCUT2D eigenvalue weighted by molar-refractivity contribution is 7.11. The number of allylic oxidation sites excluding steroid dienone is 2. The van der Waals surface area contributed by atoms with Crippen LogP contribution in [0.1, 0.15) is 62.4 Å². The number of terminal acetylenes is 1. The van der Waals surface area contributed by atoms with E-state index in [0.29, 0.717) is 31.1 Å². The first-order valence-corrected chi connectivity index (χ1v) is 16.0. The number of aromatic nitrogens is 1. The van der Waals surface area contributed by atoms with Gasteiger partial charge in [-0.3, -0.25) is 9.59 Å². The molecule has 1 unspecified atom stereocenters. The number of hydrogen-bond donors (Lipinski definition) is 3. The molecule has 0 spiro atoms. The van der Waals surface area contributed by atoms with Gasteiger partial charge in [0.05, 0.1) is 16.5 Å². The van der Waals surface area contributed by atoms with Crippen LogP contribution in [0.25, 0.3) is 0 Å². The second kappa shape index (κ2) is 16.1. The van der Waals surface area contributed by atoms with Crippen molar-refractivity contribution in [1.82, 2.24) is 15.2 Å². The number of aliphatic hydroxyl groups is 1. The van der Waals surface area contributed by atoms with Crippen molar-refractivity contribution in [2.45, 2.75) is 72.4 Å². The molecular weight excluding hydrogens is 582 g/mol. The predicted octanol–water partition coefficient (Wildman–Crippen LogP) is 4.94. The number of halogens is 2. The van der Waals surface area contributed by atoms with Gasteiger partial charge in [-0.25, -0.2) is 13.8 Å². The average molecular weight is 627 g/mol. The van der Waals surface area contributed by atoms with Crippen molar-refractivity contribution in [3.05, 3.63) is 74.8 Å². The van der Waals surface area contributed by atoms with Crippen molar-refractivity contribution >= 4 is 23.2 Å². The molecule has 10 heteroatoms. The normalized spacial score (nSPS) is 17.9. The Balaban J connectivity index is 1.98. The van der Waals surface area contributed by atoms with Crippen LogP contribution in [0.5, 0.6) is 0 Å². The van der Waals surface area contributed by atoms with Crippen LogP contribution in [0, 0.1) is 41.2 Å². The Morgan fingerprint density at radius 1 is 1.18 bits per heavy atom. The standard InChI is InChI=1S/C34H44F2N4O3S/c1-6-9-40(10-7-2)32(42)25-12-23(8-3)17-34(18-25,33(37)43)29(15-24-13-26(35)16-27(36)14-24)30(41)21-38-19-28-20-39-31(44-28)11-22(4)5/h3,12-14,16-17,20,22,29-30,38,41H,6-7,9-11,15,18-19,21H2,1-2,4-5H3,(H2,37,43)/t29-,30+,34?/m1/s1. The number of carbonyl (C=O) groups is 2. The Labute approximate surface area is 263 Å². The maximum atomic E-state index is 14.3. The van der Waals surface area contributed by atoms with E-state index in [1.807, 2.05) is 13.8 Å². The molecule has 0 fully saturated rings. The minimum absolute atomic E-state index is 0.0406. The summed E-state index contributed by atoms with van der Waals surface area (Å²) >= 11 is 1.58. The Hall–Kier alpha value is -3.39. The zero-order chi connectivity index (χ0) is 32.4. The summed E-state index contributed by atoms with van der Waals surface area (Å²) < 4.78 is 28.5. The number of rotatable bonds is 16. The lowest BCUT2D eigenvalue weighted by molar-refractivity contribution is -0.132. The number of amides is 2. The lowest BCUT2D eigenvalue weighted by Crippen LogP contribution is -2.51. The third-order valence-electron chi connectivity index (χ3n) is 7.74. The summed E-state index contributed by atoms with van der Waals surface area (Å²) in [7, 11) is 0.